The number of aliphatic carboxylic acids is 1. The van der Waals surface area contributed by atoms with Crippen LogP contribution in [0, 0.1) is 5.92 Å². The van der Waals surface area contributed by atoms with Crippen LogP contribution in [0.1, 0.15) is 48.8 Å². The average Bonchev–Trinajstić information content (AvgIpc) is 3.75. The first-order chi connectivity index (χ1) is 32.9. The third kappa shape index (κ3) is 13.1. The van der Waals surface area contributed by atoms with Gasteiger partial charge < -0.3 is 42.8 Å². The second kappa shape index (κ2) is 23.0. The molecule has 0 radical (unpaired) electrons. The van der Waals surface area contributed by atoms with Gasteiger partial charge in [0.15, 0.2) is 5.78 Å². The van der Waals surface area contributed by atoms with E-state index >= 15 is 0 Å². The number of carbonyl (C=O) groups excluding carboxylic acids is 5. The number of nitrogens with zero attached hydrogens (tertiary/aromatic N) is 1. The van der Waals surface area contributed by atoms with E-state index in [1.165, 1.54) is 0 Å². The molecule has 0 unspecified atom stereocenters. The van der Waals surface area contributed by atoms with Gasteiger partial charge >= 0.3 is 5.97 Å². The number of para-hydroxylation sites is 2. The Kier molecular flexibility index (Phi) is 16.3. The number of rotatable bonds is 24. The summed E-state index contributed by atoms with van der Waals surface area (Å²) in [5.74, 6) is -4.83. The number of pyridine rings is 1. The van der Waals surface area contributed by atoms with Gasteiger partial charge in [-0.3, -0.25) is 28.8 Å². The first-order valence-corrected chi connectivity index (χ1v) is 22.8. The van der Waals surface area contributed by atoms with Crippen molar-refractivity contribution in [3.8, 4) is 0 Å². The summed E-state index contributed by atoms with van der Waals surface area (Å²) < 4.78 is 0. The van der Waals surface area contributed by atoms with Gasteiger partial charge in [0.1, 0.15) is 17.9 Å². The molecule has 350 valence electrons. The molecule has 0 aliphatic heterocycles. The van der Waals surface area contributed by atoms with E-state index < -0.39 is 71.9 Å². The maximum atomic E-state index is 14.8. The molecule has 0 spiro atoms. The molecule has 0 saturated carbocycles. The van der Waals surface area contributed by atoms with E-state index in [1.807, 2.05) is 133 Å². The van der Waals surface area contributed by atoms with Crippen LogP contribution >= 0.6 is 0 Å². The van der Waals surface area contributed by atoms with Crippen molar-refractivity contribution >= 4 is 73.8 Å². The third-order valence-corrected chi connectivity index (χ3v) is 12.0. The maximum Gasteiger partial charge on any atom is 0.305 e. The van der Waals surface area contributed by atoms with Crippen molar-refractivity contribution in [1.29, 1.82) is 0 Å². The minimum absolute atomic E-state index is 0.0138. The van der Waals surface area contributed by atoms with Gasteiger partial charge in [0.25, 0.3) is 0 Å². The second-order valence-corrected chi connectivity index (χ2v) is 17.1. The summed E-state index contributed by atoms with van der Waals surface area (Å²) in [6.07, 6.45) is 2.39. The monoisotopic (exact) mass is 916 g/mol. The molecule has 0 aliphatic carbocycles. The minimum atomic E-state index is -1.45. The number of nitrogens with two attached hydrogens (primary N) is 2. The molecule has 68 heavy (non-hydrogen) atoms. The molecule has 7 rings (SSSR count). The van der Waals surface area contributed by atoms with Gasteiger partial charge in [0.2, 0.25) is 23.6 Å². The molecule has 5 atom stereocenters. The van der Waals surface area contributed by atoms with E-state index in [0.29, 0.717) is 24.9 Å². The number of carboxylic acid groups (broad SMARTS) is 1. The van der Waals surface area contributed by atoms with E-state index in [1.54, 1.807) is 6.20 Å². The van der Waals surface area contributed by atoms with Crippen LogP contribution in [0.3, 0.4) is 0 Å². The Balaban J connectivity index is 1.10. The highest BCUT2D eigenvalue weighted by atomic mass is 16.4. The molecule has 5 aromatic carbocycles. The van der Waals surface area contributed by atoms with Crippen LogP contribution in [0.2, 0.25) is 0 Å². The van der Waals surface area contributed by atoms with E-state index in [4.69, 9.17) is 11.5 Å². The lowest BCUT2D eigenvalue weighted by Gasteiger charge is -2.26. The zero-order chi connectivity index (χ0) is 48.0. The van der Waals surface area contributed by atoms with Crippen LogP contribution in [-0.2, 0) is 48.0 Å². The summed E-state index contributed by atoms with van der Waals surface area (Å²) in [7, 11) is 0. The number of benzene rings is 5. The standard InChI is InChI=1S/C53H56N8O7/c54-41(31-49(63)64)52(67)61-46(28-34-21-22-35-14-4-5-16-37(35)27-34)53(68)60-45(29-39-32-57-43-19-9-7-17-40(39)43)47(62)30-38(26-33-12-2-1-3-13-33)51(66)59-44(50(55)65)20-10-11-25-56-48-24-23-36-15-6-8-18-42(36)58-48/h1-9,12-19,21-24,27,32,38,41,44-46,57H,10-11,20,25-26,28-31,54H2,(H2,55,65)(H,56,58)(H,59,66)(H,60,68)(H,61,67)(H,63,64)/t38-,41+,44-,45-,46+/m0/s1. The summed E-state index contributed by atoms with van der Waals surface area (Å²) >= 11 is 0. The first-order valence-electron chi connectivity index (χ1n) is 22.8. The molecule has 7 aromatic rings. The number of ketones is 1. The lowest BCUT2D eigenvalue weighted by molar-refractivity contribution is -0.139. The largest absolute Gasteiger partial charge is 0.481 e. The van der Waals surface area contributed by atoms with Crippen molar-refractivity contribution in [2.75, 3.05) is 11.9 Å². The number of fused-ring (bicyclic) bond motifs is 3. The van der Waals surface area contributed by atoms with Crippen molar-refractivity contribution in [1.82, 2.24) is 25.9 Å². The van der Waals surface area contributed by atoms with Crippen LogP contribution in [0.5, 0.6) is 0 Å². The predicted octanol–water partition coefficient (Wildman–Crippen LogP) is 5.50. The van der Waals surface area contributed by atoms with E-state index in [0.717, 1.165) is 49.5 Å². The Hall–Kier alpha value is -7.91. The normalized spacial score (nSPS) is 13.5. The van der Waals surface area contributed by atoms with Gasteiger partial charge in [-0.05, 0) is 77.4 Å². The highest BCUT2D eigenvalue weighted by Crippen LogP contribution is 2.23. The molecule has 10 N–H and O–H groups in total. The molecule has 4 amide bonds. The fourth-order valence-electron chi connectivity index (χ4n) is 8.38. The number of H-pyrrole nitrogens is 1. The first kappa shape index (κ1) is 48.0. The number of aromatic nitrogens is 2. The second-order valence-electron chi connectivity index (χ2n) is 17.1. The van der Waals surface area contributed by atoms with Gasteiger partial charge in [-0.2, -0.15) is 0 Å². The smallest absolute Gasteiger partial charge is 0.305 e. The minimum Gasteiger partial charge on any atom is -0.481 e. The highest BCUT2D eigenvalue weighted by molar-refractivity contribution is 5.97. The Morgan fingerprint density at radius 3 is 2.07 bits per heavy atom. The SMILES string of the molecule is NC(=O)[C@H](CCCCNc1ccc2ccccc2n1)NC(=O)[C@H](CC(=O)[C@H](Cc1c[nH]c2ccccc12)NC(=O)[C@@H](Cc1ccc2ccccc2c1)NC(=O)[C@H](N)CC(=O)O)Cc1ccccc1. The summed E-state index contributed by atoms with van der Waals surface area (Å²) in [5, 5.41) is 24.8. The average molecular weight is 917 g/mol. The van der Waals surface area contributed by atoms with Gasteiger partial charge in [-0.25, -0.2) is 4.98 Å². The number of carboxylic acids is 1. The van der Waals surface area contributed by atoms with Gasteiger partial charge in [0.05, 0.1) is 24.0 Å². The fraction of sp³-hybridized carbons (Fsp3) is 0.264. The summed E-state index contributed by atoms with van der Waals surface area (Å²) in [5.41, 5.74) is 15.7. The number of anilines is 1. The number of nitrogens with one attached hydrogen (secondary N) is 5. The number of aromatic amines is 1. The number of primary amides is 1. The molecule has 15 nitrogen and oxygen atoms in total. The number of hydrogen-bond acceptors (Lipinski definition) is 9. The summed E-state index contributed by atoms with van der Waals surface area (Å²) in [4.78, 5) is 89.0. The lowest BCUT2D eigenvalue weighted by Crippen LogP contribution is -2.56. The van der Waals surface area contributed by atoms with E-state index in [-0.39, 0.29) is 32.1 Å². The van der Waals surface area contributed by atoms with Crippen molar-refractivity contribution < 1.29 is 33.9 Å². The van der Waals surface area contributed by atoms with Gasteiger partial charge in [-0.1, -0.05) is 109 Å². The fourth-order valence-corrected chi connectivity index (χ4v) is 8.38. The van der Waals surface area contributed by atoms with E-state index in [2.05, 4.69) is 31.2 Å². The highest BCUT2D eigenvalue weighted by Gasteiger charge is 2.33. The van der Waals surface area contributed by atoms with Crippen LogP contribution in [0.25, 0.3) is 32.6 Å². The zero-order valence-electron chi connectivity index (χ0n) is 37.5. The summed E-state index contributed by atoms with van der Waals surface area (Å²) in [6, 6.07) is 36.7. The molecule has 15 heteroatoms. The number of Topliss-reactive ketones (excluding diaryl/α,β-unsaturated/α-hetero) is 1. The molecule has 0 saturated heterocycles. The molecule has 2 aromatic heterocycles. The van der Waals surface area contributed by atoms with Crippen molar-refractivity contribution in [2.24, 2.45) is 17.4 Å². The van der Waals surface area contributed by atoms with Crippen molar-refractivity contribution in [3.05, 3.63) is 156 Å². The van der Waals surface area contributed by atoms with Gasteiger partial charge in [0, 0.05) is 54.2 Å². The van der Waals surface area contributed by atoms with Crippen LogP contribution in [0.15, 0.2) is 140 Å². The quantitative estimate of drug-likeness (QED) is 0.0354. The molecule has 0 bridgehead atoms. The van der Waals surface area contributed by atoms with Gasteiger partial charge in [-0.15, -0.1) is 0 Å². The van der Waals surface area contributed by atoms with Crippen LogP contribution < -0.4 is 32.7 Å². The number of carbonyl (C=O) groups is 6. The van der Waals surface area contributed by atoms with Crippen LogP contribution in [-0.4, -0.2) is 81.2 Å². The van der Waals surface area contributed by atoms with E-state index in [9.17, 15) is 33.9 Å². The Labute approximate surface area is 393 Å². The molecule has 0 aliphatic rings. The number of unbranched alkanes of at least 4 members (excludes halogenated alkanes) is 1. The molecule has 0 fully saturated rings. The molecule has 2 heterocycles. The molecular formula is C53H56N8O7. The maximum absolute atomic E-state index is 14.8. The predicted molar refractivity (Wildman–Crippen MR) is 262 cm³/mol. The Bertz CT molecular complexity index is 2900. The lowest BCUT2D eigenvalue weighted by atomic mass is 9.89. The summed E-state index contributed by atoms with van der Waals surface area (Å²) in [6.45, 7) is 0.571. The number of hydrogen-bond donors (Lipinski definition) is 8. The van der Waals surface area contributed by atoms with Crippen LogP contribution in [0.4, 0.5) is 5.82 Å². The Morgan fingerprint density at radius 1 is 0.618 bits per heavy atom. The third-order valence-electron chi connectivity index (χ3n) is 12.0. The number of amides is 4. The van der Waals surface area contributed by atoms with Crippen molar-refractivity contribution in [2.45, 2.75) is 75.5 Å². The zero-order valence-corrected chi connectivity index (χ0v) is 37.5. The van der Waals surface area contributed by atoms with Crippen molar-refractivity contribution in [3.63, 3.8) is 0 Å². The topological polar surface area (TPSA) is 251 Å². The Morgan fingerprint density at radius 2 is 1.29 bits per heavy atom. The molecular weight excluding hydrogens is 861 g/mol.